The molecule has 0 unspecified atom stereocenters. The molecule has 2 heterocycles. The molecule has 0 saturated heterocycles. The van der Waals surface area contributed by atoms with Crippen molar-refractivity contribution in [1.29, 1.82) is 0 Å². The third-order valence-corrected chi connectivity index (χ3v) is 5.47. The lowest BCUT2D eigenvalue weighted by Gasteiger charge is -2.36. The Morgan fingerprint density at radius 1 is 1.32 bits per heavy atom. The van der Waals surface area contributed by atoms with Crippen LogP contribution in [0.25, 0.3) is 5.65 Å². The van der Waals surface area contributed by atoms with Gasteiger partial charge in [0.1, 0.15) is 5.82 Å². The van der Waals surface area contributed by atoms with Crippen LogP contribution in [-0.2, 0) is 0 Å². The topological polar surface area (TPSA) is 42.2 Å². The standard InChI is InChI=1S/C14H20N4S/c1-19-14(7-3-2-4-8-14)11-15-12-6-10-18-13(17-12)5-9-16-18/h5-6,9-10H,2-4,7-8,11H2,1H3,(H,15,17). The monoisotopic (exact) mass is 276 g/mol. The summed E-state index contributed by atoms with van der Waals surface area (Å²) in [7, 11) is 0. The average Bonchev–Trinajstić information content (AvgIpc) is 2.93. The van der Waals surface area contributed by atoms with Crippen molar-refractivity contribution in [2.45, 2.75) is 36.9 Å². The van der Waals surface area contributed by atoms with E-state index < -0.39 is 0 Å². The normalized spacial score (nSPS) is 18.6. The summed E-state index contributed by atoms with van der Waals surface area (Å²) in [5.74, 6) is 0.951. The number of aromatic nitrogens is 3. The lowest BCUT2D eigenvalue weighted by atomic mass is 9.88. The van der Waals surface area contributed by atoms with E-state index in [1.807, 2.05) is 30.1 Å². The van der Waals surface area contributed by atoms with Crippen molar-refractivity contribution >= 4 is 23.2 Å². The summed E-state index contributed by atoms with van der Waals surface area (Å²) in [6.45, 7) is 1.01. The lowest BCUT2D eigenvalue weighted by Crippen LogP contribution is -2.35. The first-order chi connectivity index (χ1) is 9.31. The molecule has 0 spiro atoms. The number of hydrogen-bond donors (Lipinski definition) is 1. The number of thioether (sulfide) groups is 1. The van der Waals surface area contributed by atoms with Crippen LogP contribution in [0.15, 0.2) is 24.5 Å². The van der Waals surface area contributed by atoms with Crippen LogP contribution < -0.4 is 5.32 Å². The smallest absolute Gasteiger partial charge is 0.157 e. The summed E-state index contributed by atoms with van der Waals surface area (Å²) in [5, 5.41) is 7.68. The SMILES string of the molecule is CSC1(CNc2ccn3nccc3n2)CCCCC1. The van der Waals surface area contributed by atoms with Gasteiger partial charge in [0.2, 0.25) is 0 Å². The van der Waals surface area contributed by atoms with Crippen molar-refractivity contribution in [3.63, 3.8) is 0 Å². The molecular weight excluding hydrogens is 256 g/mol. The maximum atomic E-state index is 4.57. The second-order valence-corrected chi connectivity index (χ2v) is 6.52. The maximum Gasteiger partial charge on any atom is 0.157 e. The zero-order chi connectivity index (χ0) is 13.1. The van der Waals surface area contributed by atoms with E-state index >= 15 is 0 Å². The highest BCUT2D eigenvalue weighted by Crippen LogP contribution is 2.38. The van der Waals surface area contributed by atoms with E-state index in [2.05, 4.69) is 21.7 Å². The Balaban J connectivity index is 1.70. The predicted molar refractivity (Wildman–Crippen MR) is 80.8 cm³/mol. The second kappa shape index (κ2) is 5.41. The van der Waals surface area contributed by atoms with Gasteiger partial charge in [-0.05, 0) is 25.2 Å². The maximum absolute atomic E-state index is 4.57. The third-order valence-electron chi connectivity index (χ3n) is 4.05. The van der Waals surface area contributed by atoms with Gasteiger partial charge in [-0.15, -0.1) is 0 Å². The van der Waals surface area contributed by atoms with E-state index in [4.69, 9.17) is 0 Å². The molecule has 0 radical (unpaired) electrons. The molecule has 0 atom stereocenters. The molecule has 5 heteroatoms. The van der Waals surface area contributed by atoms with E-state index in [0.29, 0.717) is 4.75 Å². The lowest BCUT2D eigenvalue weighted by molar-refractivity contribution is 0.411. The van der Waals surface area contributed by atoms with Crippen molar-refractivity contribution in [1.82, 2.24) is 14.6 Å². The van der Waals surface area contributed by atoms with Crippen LogP contribution in [0.1, 0.15) is 32.1 Å². The van der Waals surface area contributed by atoms with Crippen LogP contribution in [0.2, 0.25) is 0 Å². The van der Waals surface area contributed by atoms with E-state index in [1.54, 1.807) is 10.7 Å². The van der Waals surface area contributed by atoms with Gasteiger partial charge in [-0.1, -0.05) is 19.3 Å². The largest absolute Gasteiger partial charge is 0.369 e. The Morgan fingerprint density at radius 3 is 2.95 bits per heavy atom. The highest BCUT2D eigenvalue weighted by molar-refractivity contribution is 8.00. The highest BCUT2D eigenvalue weighted by atomic mass is 32.2. The number of rotatable bonds is 4. The zero-order valence-corrected chi connectivity index (χ0v) is 12.1. The van der Waals surface area contributed by atoms with Crippen molar-refractivity contribution in [3.8, 4) is 0 Å². The number of hydrogen-bond acceptors (Lipinski definition) is 4. The molecule has 1 saturated carbocycles. The molecule has 1 aliphatic carbocycles. The van der Waals surface area contributed by atoms with Gasteiger partial charge < -0.3 is 5.32 Å². The Morgan fingerprint density at radius 2 is 2.16 bits per heavy atom. The first kappa shape index (κ1) is 12.8. The Labute approximate surface area is 118 Å². The molecule has 2 aromatic rings. The molecular formula is C14H20N4S. The first-order valence-corrected chi connectivity index (χ1v) is 8.13. The molecule has 19 heavy (non-hydrogen) atoms. The van der Waals surface area contributed by atoms with Crippen LogP contribution >= 0.6 is 11.8 Å². The first-order valence-electron chi connectivity index (χ1n) is 6.91. The molecule has 2 aromatic heterocycles. The minimum atomic E-state index is 0.395. The number of nitrogens with zero attached hydrogens (tertiary/aromatic N) is 3. The zero-order valence-electron chi connectivity index (χ0n) is 11.3. The molecule has 1 fully saturated rings. The van der Waals surface area contributed by atoms with Gasteiger partial charge in [-0.25, -0.2) is 9.50 Å². The number of anilines is 1. The van der Waals surface area contributed by atoms with Crippen LogP contribution in [-0.4, -0.2) is 32.1 Å². The molecule has 0 bridgehead atoms. The Bertz CT molecular complexity index is 545. The van der Waals surface area contributed by atoms with E-state index in [9.17, 15) is 0 Å². The molecule has 0 amide bonds. The van der Waals surface area contributed by atoms with Gasteiger partial charge in [0.05, 0.1) is 6.20 Å². The Kier molecular flexibility index (Phi) is 3.64. The molecule has 3 rings (SSSR count). The van der Waals surface area contributed by atoms with E-state index in [0.717, 1.165) is 18.0 Å². The summed E-state index contributed by atoms with van der Waals surface area (Å²) >= 11 is 2.01. The van der Waals surface area contributed by atoms with Gasteiger partial charge in [0.15, 0.2) is 5.65 Å². The fourth-order valence-electron chi connectivity index (χ4n) is 2.81. The predicted octanol–water partition coefficient (Wildman–Crippen LogP) is 3.21. The summed E-state index contributed by atoms with van der Waals surface area (Å²) in [4.78, 5) is 4.57. The molecule has 102 valence electrons. The quantitative estimate of drug-likeness (QED) is 0.931. The molecule has 0 aromatic carbocycles. The Hall–Kier alpha value is -1.23. The van der Waals surface area contributed by atoms with Crippen LogP contribution in [0.4, 0.5) is 5.82 Å². The van der Waals surface area contributed by atoms with Crippen molar-refractivity contribution in [3.05, 3.63) is 24.5 Å². The van der Waals surface area contributed by atoms with Gasteiger partial charge in [-0.3, -0.25) is 0 Å². The van der Waals surface area contributed by atoms with E-state index in [-0.39, 0.29) is 0 Å². The summed E-state index contributed by atoms with van der Waals surface area (Å²) in [6, 6.07) is 3.92. The summed E-state index contributed by atoms with van der Waals surface area (Å²) in [5.41, 5.74) is 0.895. The van der Waals surface area contributed by atoms with Gasteiger partial charge >= 0.3 is 0 Å². The highest BCUT2D eigenvalue weighted by Gasteiger charge is 2.30. The second-order valence-electron chi connectivity index (χ2n) is 5.25. The third kappa shape index (κ3) is 2.71. The van der Waals surface area contributed by atoms with Gasteiger partial charge in [-0.2, -0.15) is 16.9 Å². The average molecular weight is 276 g/mol. The summed E-state index contributed by atoms with van der Waals surface area (Å²) in [6.07, 6.45) is 12.7. The van der Waals surface area contributed by atoms with Crippen LogP contribution in [0, 0.1) is 0 Å². The van der Waals surface area contributed by atoms with Crippen LogP contribution in [0.3, 0.4) is 0 Å². The minimum Gasteiger partial charge on any atom is -0.369 e. The van der Waals surface area contributed by atoms with Crippen molar-refractivity contribution in [2.75, 3.05) is 18.1 Å². The minimum absolute atomic E-state index is 0.395. The summed E-state index contributed by atoms with van der Waals surface area (Å²) < 4.78 is 2.18. The van der Waals surface area contributed by atoms with Gasteiger partial charge in [0, 0.05) is 23.6 Å². The van der Waals surface area contributed by atoms with Crippen molar-refractivity contribution < 1.29 is 0 Å². The van der Waals surface area contributed by atoms with Gasteiger partial charge in [0.25, 0.3) is 0 Å². The molecule has 4 nitrogen and oxygen atoms in total. The molecule has 0 aliphatic heterocycles. The fourth-order valence-corrected chi connectivity index (χ4v) is 3.73. The van der Waals surface area contributed by atoms with Crippen molar-refractivity contribution in [2.24, 2.45) is 0 Å². The molecule has 1 N–H and O–H groups in total. The van der Waals surface area contributed by atoms with E-state index in [1.165, 1.54) is 32.1 Å². The molecule has 1 aliphatic rings. The fraction of sp³-hybridized carbons (Fsp3) is 0.571. The number of fused-ring (bicyclic) bond motifs is 1. The number of nitrogens with one attached hydrogen (secondary N) is 1. The van der Waals surface area contributed by atoms with Crippen LogP contribution in [0.5, 0.6) is 0 Å².